The first kappa shape index (κ1) is 15.6. The Morgan fingerprint density at radius 2 is 2.00 bits per heavy atom. The third-order valence-corrected chi connectivity index (χ3v) is 3.74. The van der Waals surface area contributed by atoms with Crippen molar-refractivity contribution in [1.29, 1.82) is 0 Å². The largest absolute Gasteiger partial charge is 0.489 e. The third kappa shape index (κ3) is 4.34. The normalized spacial score (nSPS) is 22.1. The van der Waals surface area contributed by atoms with Gasteiger partial charge in [0.2, 0.25) is 0 Å². The summed E-state index contributed by atoms with van der Waals surface area (Å²) in [6.07, 6.45) is 2.92. The maximum absolute atomic E-state index is 13.3. The van der Waals surface area contributed by atoms with Crippen molar-refractivity contribution in [2.75, 3.05) is 5.32 Å². The topological polar surface area (TPSA) is 58.6 Å². The molecule has 0 saturated heterocycles. The van der Waals surface area contributed by atoms with E-state index in [0.29, 0.717) is 18.6 Å². The van der Waals surface area contributed by atoms with Crippen LogP contribution in [-0.4, -0.2) is 23.2 Å². The van der Waals surface area contributed by atoms with E-state index < -0.39 is 5.97 Å². The van der Waals surface area contributed by atoms with Crippen LogP contribution in [0.15, 0.2) is 18.2 Å². The summed E-state index contributed by atoms with van der Waals surface area (Å²) in [6, 6.07) is 4.67. The molecule has 1 saturated carbocycles. The van der Waals surface area contributed by atoms with Gasteiger partial charge in [-0.15, -0.1) is 0 Å². The van der Waals surface area contributed by atoms with Crippen LogP contribution in [0.1, 0.15) is 39.5 Å². The van der Waals surface area contributed by atoms with E-state index >= 15 is 0 Å². The predicted molar refractivity (Wildman–Crippen MR) is 79.2 cm³/mol. The number of benzene rings is 1. The van der Waals surface area contributed by atoms with E-state index in [1.807, 2.05) is 13.8 Å². The maximum Gasteiger partial charge on any atom is 0.306 e. The molecular formula is C16H22FNO3. The zero-order chi connectivity index (χ0) is 15.4. The number of carboxylic acids is 1. The summed E-state index contributed by atoms with van der Waals surface area (Å²) in [4.78, 5) is 11.0. The highest BCUT2D eigenvalue weighted by atomic mass is 19.1. The Balaban J connectivity index is 2.01. The third-order valence-electron chi connectivity index (χ3n) is 3.74. The molecule has 4 nitrogen and oxygen atoms in total. The molecule has 0 heterocycles. The van der Waals surface area contributed by atoms with Gasteiger partial charge in [-0.1, -0.05) is 0 Å². The lowest BCUT2D eigenvalue weighted by Gasteiger charge is -2.28. The van der Waals surface area contributed by atoms with Crippen LogP contribution in [0, 0.1) is 11.7 Å². The highest BCUT2D eigenvalue weighted by Gasteiger charge is 2.26. The van der Waals surface area contributed by atoms with E-state index in [4.69, 9.17) is 9.84 Å². The minimum Gasteiger partial charge on any atom is -0.489 e. The van der Waals surface area contributed by atoms with Crippen LogP contribution in [-0.2, 0) is 4.79 Å². The van der Waals surface area contributed by atoms with Crippen LogP contribution in [0.2, 0.25) is 0 Å². The first-order valence-electron chi connectivity index (χ1n) is 7.41. The molecule has 21 heavy (non-hydrogen) atoms. The highest BCUT2D eigenvalue weighted by molar-refractivity contribution is 5.70. The lowest BCUT2D eigenvalue weighted by molar-refractivity contribution is -0.142. The van der Waals surface area contributed by atoms with Gasteiger partial charge in [-0.05, 0) is 51.7 Å². The molecule has 1 aliphatic carbocycles. The van der Waals surface area contributed by atoms with E-state index in [9.17, 15) is 9.18 Å². The first-order chi connectivity index (χ1) is 9.95. The van der Waals surface area contributed by atoms with Gasteiger partial charge in [0.05, 0.1) is 17.7 Å². The van der Waals surface area contributed by atoms with Crippen molar-refractivity contribution >= 4 is 11.7 Å². The molecule has 1 aromatic carbocycles. The number of carbonyl (C=O) groups is 1. The Kier molecular flexibility index (Phi) is 5.04. The van der Waals surface area contributed by atoms with E-state index in [-0.39, 0.29) is 23.9 Å². The fourth-order valence-electron chi connectivity index (χ4n) is 2.67. The Bertz CT molecular complexity index is 496. The minimum absolute atomic E-state index is 0.0323. The summed E-state index contributed by atoms with van der Waals surface area (Å²) in [5, 5.41) is 12.4. The van der Waals surface area contributed by atoms with Crippen LogP contribution < -0.4 is 10.1 Å². The molecule has 116 valence electrons. The summed E-state index contributed by atoms with van der Waals surface area (Å²) >= 11 is 0. The highest BCUT2D eigenvalue weighted by Crippen LogP contribution is 2.31. The van der Waals surface area contributed by atoms with Gasteiger partial charge in [0.1, 0.15) is 11.6 Å². The minimum atomic E-state index is -0.709. The van der Waals surface area contributed by atoms with E-state index in [0.717, 1.165) is 18.5 Å². The lowest BCUT2D eigenvalue weighted by atomic mass is 9.86. The number of aliphatic carboxylic acids is 1. The van der Waals surface area contributed by atoms with Crippen molar-refractivity contribution in [3.05, 3.63) is 24.0 Å². The second-order valence-electron chi connectivity index (χ2n) is 5.84. The molecule has 0 unspecified atom stereocenters. The molecule has 2 rings (SSSR count). The van der Waals surface area contributed by atoms with Crippen LogP contribution in [0.4, 0.5) is 10.1 Å². The van der Waals surface area contributed by atoms with Crippen molar-refractivity contribution in [2.24, 2.45) is 5.92 Å². The SMILES string of the molecule is CC(C)Oc1cc(F)ccc1NC1CCC(C(=O)O)CC1. The van der Waals surface area contributed by atoms with Crippen molar-refractivity contribution in [2.45, 2.75) is 51.7 Å². The molecule has 0 atom stereocenters. The lowest BCUT2D eigenvalue weighted by Crippen LogP contribution is -2.29. The van der Waals surface area contributed by atoms with Gasteiger partial charge in [0, 0.05) is 12.1 Å². The predicted octanol–water partition coefficient (Wildman–Crippen LogP) is 3.67. The molecule has 0 aromatic heterocycles. The average molecular weight is 295 g/mol. The number of nitrogens with one attached hydrogen (secondary N) is 1. The van der Waals surface area contributed by atoms with Crippen LogP contribution >= 0.6 is 0 Å². The van der Waals surface area contributed by atoms with Crippen molar-refractivity contribution in [1.82, 2.24) is 0 Å². The van der Waals surface area contributed by atoms with Gasteiger partial charge in [0.25, 0.3) is 0 Å². The van der Waals surface area contributed by atoms with E-state index in [2.05, 4.69) is 5.32 Å². The van der Waals surface area contributed by atoms with Gasteiger partial charge >= 0.3 is 5.97 Å². The van der Waals surface area contributed by atoms with E-state index in [1.165, 1.54) is 12.1 Å². The van der Waals surface area contributed by atoms with Crippen molar-refractivity contribution in [3.8, 4) is 5.75 Å². The zero-order valence-corrected chi connectivity index (χ0v) is 12.4. The average Bonchev–Trinajstić information content (AvgIpc) is 2.42. The standard InChI is InChI=1S/C16H22FNO3/c1-10(2)21-15-9-12(17)5-8-14(15)18-13-6-3-11(4-7-13)16(19)20/h5,8-11,13,18H,3-4,6-7H2,1-2H3,(H,19,20). The van der Waals surface area contributed by atoms with Gasteiger partial charge in [0.15, 0.2) is 0 Å². The second kappa shape index (κ2) is 6.78. The van der Waals surface area contributed by atoms with Gasteiger partial charge < -0.3 is 15.2 Å². The van der Waals surface area contributed by atoms with Gasteiger partial charge in [-0.2, -0.15) is 0 Å². The first-order valence-corrected chi connectivity index (χ1v) is 7.41. The number of hydrogen-bond acceptors (Lipinski definition) is 3. The van der Waals surface area contributed by atoms with Crippen molar-refractivity contribution < 1.29 is 19.0 Å². The van der Waals surface area contributed by atoms with Crippen LogP contribution in [0.25, 0.3) is 0 Å². The van der Waals surface area contributed by atoms with Crippen LogP contribution in [0.3, 0.4) is 0 Å². The summed E-state index contributed by atoms with van der Waals surface area (Å²) in [5.41, 5.74) is 0.767. The van der Waals surface area contributed by atoms with Gasteiger partial charge in [-0.25, -0.2) is 4.39 Å². The Morgan fingerprint density at radius 3 is 2.57 bits per heavy atom. The molecule has 0 amide bonds. The van der Waals surface area contributed by atoms with Crippen molar-refractivity contribution in [3.63, 3.8) is 0 Å². The summed E-state index contributed by atoms with van der Waals surface area (Å²) in [5.74, 6) is -0.766. The number of anilines is 1. The smallest absolute Gasteiger partial charge is 0.306 e. The number of rotatable bonds is 5. The fraction of sp³-hybridized carbons (Fsp3) is 0.562. The molecule has 0 radical (unpaired) electrons. The number of carboxylic acid groups (broad SMARTS) is 1. The summed E-state index contributed by atoms with van der Waals surface area (Å²) in [7, 11) is 0. The molecule has 1 aliphatic rings. The molecule has 5 heteroatoms. The Labute approximate surface area is 124 Å². The van der Waals surface area contributed by atoms with E-state index in [1.54, 1.807) is 6.07 Å². The molecule has 1 aromatic rings. The monoisotopic (exact) mass is 295 g/mol. The van der Waals surface area contributed by atoms with Gasteiger partial charge in [-0.3, -0.25) is 4.79 Å². The molecule has 0 spiro atoms. The zero-order valence-electron chi connectivity index (χ0n) is 12.4. The molecular weight excluding hydrogens is 273 g/mol. The fourth-order valence-corrected chi connectivity index (χ4v) is 2.67. The number of ether oxygens (including phenoxy) is 1. The molecule has 0 bridgehead atoms. The van der Waals surface area contributed by atoms with Crippen LogP contribution in [0.5, 0.6) is 5.75 Å². The summed E-state index contributed by atoms with van der Waals surface area (Å²) in [6.45, 7) is 3.79. The maximum atomic E-state index is 13.3. The molecule has 2 N–H and O–H groups in total. The molecule has 0 aliphatic heterocycles. The quantitative estimate of drug-likeness (QED) is 0.870. The Hall–Kier alpha value is -1.78. The molecule has 1 fully saturated rings. The second-order valence-corrected chi connectivity index (χ2v) is 5.84. The summed E-state index contributed by atoms with van der Waals surface area (Å²) < 4.78 is 19.0. The number of hydrogen-bond donors (Lipinski definition) is 2. The number of halogens is 1. The Morgan fingerprint density at radius 1 is 1.33 bits per heavy atom.